The van der Waals surface area contributed by atoms with Crippen LogP contribution in [0.25, 0.3) is 11.1 Å². The van der Waals surface area contributed by atoms with E-state index < -0.39 is 4.92 Å². The number of nitro groups is 1. The zero-order valence-electron chi connectivity index (χ0n) is 8.29. The van der Waals surface area contributed by atoms with E-state index in [1.165, 1.54) is 29.5 Å². The molecule has 2 aromatic heterocycles. The van der Waals surface area contributed by atoms with Crippen molar-refractivity contribution in [2.24, 2.45) is 0 Å². The molecule has 0 saturated carbocycles. The number of rotatable bonds is 3. The maximum atomic E-state index is 10.4. The molecule has 0 amide bonds. The van der Waals surface area contributed by atoms with E-state index in [2.05, 4.69) is 4.98 Å². The molecule has 0 bridgehead atoms. The molecule has 0 saturated heterocycles. The second-order valence-corrected chi connectivity index (χ2v) is 4.29. The molecule has 0 aliphatic rings. The number of nitrogen functional groups attached to an aromatic ring is 1. The fourth-order valence-corrected chi connectivity index (χ4v) is 1.95. The minimum absolute atomic E-state index is 0.285. The van der Waals surface area contributed by atoms with E-state index in [1.54, 1.807) is 5.38 Å². The number of hydrogen-bond acceptors (Lipinski definition) is 6. The van der Waals surface area contributed by atoms with Crippen molar-refractivity contribution in [3.8, 4) is 0 Å². The normalized spacial score (nSPS) is 11.7. The Kier molecular flexibility index (Phi) is 3.12. The van der Waals surface area contributed by atoms with E-state index in [0.29, 0.717) is 15.9 Å². The number of nitrogens with zero attached hydrogens (tertiary/aromatic N) is 2. The van der Waals surface area contributed by atoms with Crippen molar-refractivity contribution in [2.75, 3.05) is 5.73 Å². The van der Waals surface area contributed by atoms with E-state index in [0.717, 1.165) is 0 Å². The van der Waals surface area contributed by atoms with Crippen molar-refractivity contribution < 1.29 is 9.34 Å². The molecule has 0 aliphatic heterocycles. The van der Waals surface area contributed by atoms with Crippen LogP contribution in [-0.4, -0.2) is 9.91 Å². The molecule has 0 spiro atoms. The van der Waals surface area contributed by atoms with Gasteiger partial charge >= 0.3 is 5.88 Å². The van der Waals surface area contributed by atoms with Gasteiger partial charge in [0.1, 0.15) is 10.7 Å². The average Bonchev–Trinajstić information content (AvgIpc) is 2.86. The topological polar surface area (TPSA) is 95.2 Å². The Morgan fingerprint density at radius 2 is 2.41 bits per heavy atom. The van der Waals surface area contributed by atoms with Crippen LogP contribution < -0.4 is 5.73 Å². The largest absolute Gasteiger partial charge is 0.433 e. The summed E-state index contributed by atoms with van der Waals surface area (Å²) in [6.45, 7) is 0. The zero-order valence-corrected chi connectivity index (χ0v) is 9.86. The number of furan rings is 1. The van der Waals surface area contributed by atoms with E-state index in [1.807, 2.05) is 0 Å². The van der Waals surface area contributed by atoms with Gasteiger partial charge < -0.3 is 10.2 Å². The molecule has 0 atom stereocenters. The van der Waals surface area contributed by atoms with Crippen molar-refractivity contribution >= 4 is 45.1 Å². The predicted molar refractivity (Wildman–Crippen MR) is 65.6 cm³/mol. The van der Waals surface area contributed by atoms with Crippen LogP contribution in [0.4, 0.5) is 11.0 Å². The highest BCUT2D eigenvalue weighted by Gasteiger charge is 2.11. The van der Waals surface area contributed by atoms with Gasteiger partial charge in [-0.1, -0.05) is 11.6 Å². The molecule has 2 heterocycles. The molecule has 0 aromatic carbocycles. The molecular formula is C9H6ClN3O3S. The van der Waals surface area contributed by atoms with Gasteiger partial charge in [-0.3, -0.25) is 10.1 Å². The lowest BCUT2D eigenvalue weighted by Crippen LogP contribution is -1.83. The standard InChI is InChI=1S/C9H6ClN3O3S/c10-6(7-4-17-9(11)12-7)3-5-1-2-8(16-5)13(14)15/h1-4H,(H2,11,12). The Bertz CT molecular complexity index is 590. The van der Waals surface area contributed by atoms with Crippen LogP contribution in [0, 0.1) is 10.1 Å². The first-order valence-corrected chi connectivity index (χ1v) is 5.65. The van der Waals surface area contributed by atoms with Gasteiger partial charge in [-0.2, -0.15) is 0 Å². The van der Waals surface area contributed by atoms with E-state index in [4.69, 9.17) is 21.8 Å². The average molecular weight is 272 g/mol. The third-order valence-electron chi connectivity index (χ3n) is 1.83. The van der Waals surface area contributed by atoms with Crippen molar-refractivity contribution in [3.05, 3.63) is 39.1 Å². The summed E-state index contributed by atoms with van der Waals surface area (Å²) in [7, 11) is 0. The summed E-state index contributed by atoms with van der Waals surface area (Å²) < 4.78 is 4.93. The Balaban J connectivity index is 2.26. The summed E-state index contributed by atoms with van der Waals surface area (Å²) in [5.41, 5.74) is 5.97. The van der Waals surface area contributed by atoms with Gasteiger partial charge in [0.2, 0.25) is 0 Å². The number of thiazole rings is 1. The van der Waals surface area contributed by atoms with Crippen LogP contribution in [0.3, 0.4) is 0 Å². The van der Waals surface area contributed by atoms with Gasteiger partial charge in [-0.05, 0) is 6.07 Å². The second-order valence-electron chi connectivity index (χ2n) is 3.00. The number of nitrogens with two attached hydrogens (primary N) is 1. The first-order chi connectivity index (χ1) is 8.06. The molecule has 0 fully saturated rings. The molecule has 88 valence electrons. The predicted octanol–water partition coefficient (Wildman–Crippen LogP) is 2.96. The van der Waals surface area contributed by atoms with Crippen LogP contribution in [0.1, 0.15) is 11.5 Å². The highest BCUT2D eigenvalue weighted by molar-refractivity contribution is 7.13. The lowest BCUT2D eigenvalue weighted by Gasteiger charge is -1.90. The fourth-order valence-electron chi connectivity index (χ4n) is 1.11. The van der Waals surface area contributed by atoms with Crippen LogP contribution >= 0.6 is 22.9 Å². The summed E-state index contributed by atoms with van der Waals surface area (Å²) in [4.78, 5) is 13.8. The molecule has 17 heavy (non-hydrogen) atoms. The minimum atomic E-state index is -0.619. The minimum Gasteiger partial charge on any atom is -0.401 e. The number of hydrogen-bond donors (Lipinski definition) is 1. The lowest BCUT2D eigenvalue weighted by atomic mass is 10.3. The van der Waals surface area contributed by atoms with Gasteiger partial charge in [0.25, 0.3) is 0 Å². The van der Waals surface area contributed by atoms with Crippen molar-refractivity contribution in [3.63, 3.8) is 0 Å². The molecule has 0 radical (unpaired) electrons. The maximum Gasteiger partial charge on any atom is 0.433 e. The Morgan fingerprint density at radius 1 is 1.65 bits per heavy atom. The highest BCUT2D eigenvalue weighted by atomic mass is 35.5. The van der Waals surface area contributed by atoms with Crippen LogP contribution in [-0.2, 0) is 0 Å². The summed E-state index contributed by atoms with van der Waals surface area (Å²) in [6.07, 6.45) is 1.45. The molecule has 8 heteroatoms. The van der Waals surface area contributed by atoms with Crippen LogP contribution in [0.15, 0.2) is 21.9 Å². The van der Waals surface area contributed by atoms with Crippen molar-refractivity contribution in [2.45, 2.75) is 0 Å². The van der Waals surface area contributed by atoms with Crippen LogP contribution in [0.2, 0.25) is 0 Å². The van der Waals surface area contributed by atoms with E-state index >= 15 is 0 Å². The van der Waals surface area contributed by atoms with Gasteiger partial charge in [0.05, 0.1) is 16.8 Å². The lowest BCUT2D eigenvalue weighted by molar-refractivity contribution is -0.402. The maximum absolute atomic E-state index is 10.4. The smallest absolute Gasteiger partial charge is 0.401 e. The Morgan fingerprint density at radius 3 is 2.94 bits per heavy atom. The molecule has 0 aliphatic carbocycles. The number of halogens is 1. The second kappa shape index (κ2) is 4.56. The third-order valence-corrected chi connectivity index (χ3v) is 2.80. The van der Waals surface area contributed by atoms with Crippen molar-refractivity contribution in [1.29, 1.82) is 0 Å². The molecule has 6 nitrogen and oxygen atoms in total. The molecule has 0 unspecified atom stereocenters. The fraction of sp³-hybridized carbons (Fsp3) is 0. The SMILES string of the molecule is Nc1nc(C(Cl)=Cc2ccc([N+](=O)[O-])o2)cs1. The quantitative estimate of drug-likeness (QED) is 0.684. The summed E-state index contributed by atoms with van der Waals surface area (Å²) >= 11 is 7.22. The monoisotopic (exact) mass is 271 g/mol. The molecule has 2 rings (SSSR count). The number of anilines is 1. The van der Waals surface area contributed by atoms with Gasteiger partial charge in [-0.15, -0.1) is 11.3 Å². The van der Waals surface area contributed by atoms with Gasteiger partial charge in [-0.25, -0.2) is 4.98 Å². The number of aromatic nitrogens is 1. The third kappa shape index (κ3) is 2.63. The summed E-state index contributed by atoms with van der Waals surface area (Å²) in [5.74, 6) is -0.0493. The Hall–Kier alpha value is -1.86. The summed E-state index contributed by atoms with van der Waals surface area (Å²) in [5, 5.41) is 12.8. The molecular weight excluding hydrogens is 266 g/mol. The Labute approximate surface area is 104 Å². The first-order valence-electron chi connectivity index (χ1n) is 4.39. The molecule has 2 N–H and O–H groups in total. The first kappa shape index (κ1) is 11.6. The highest BCUT2D eigenvalue weighted by Crippen LogP contribution is 2.26. The van der Waals surface area contributed by atoms with E-state index in [-0.39, 0.29) is 11.6 Å². The van der Waals surface area contributed by atoms with Gasteiger partial charge in [0, 0.05) is 11.5 Å². The van der Waals surface area contributed by atoms with E-state index in [9.17, 15) is 10.1 Å². The molecule has 2 aromatic rings. The van der Waals surface area contributed by atoms with Crippen molar-refractivity contribution in [1.82, 2.24) is 4.98 Å². The van der Waals surface area contributed by atoms with Gasteiger partial charge in [0.15, 0.2) is 5.13 Å². The zero-order chi connectivity index (χ0) is 12.4. The summed E-state index contributed by atoms with van der Waals surface area (Å²) in [6, 6.07) is 2.71. The van der Waals surface area contributed by atoms with Crippen LogP contribution in [0.5, 0.6) is 0 Å².